The van der Waals surface area contributed by atoms with Crippen molar-refractivity contribution in [3.8, 4) is 11.4 Å². The van der Waals surface area contributed by atoms with E-state index < -0.39 is 0 Å². The largest absolute Gasteiger partial charge is 0.353 e. The van der Waals surface area contributed by atoms with Crippen molar-refractivity contribution in [3.05, 3.63) is 65.1 Å². The minimum absolute atomic E-state index is 0.717. The lowest BCUT2D eigenvalue weighted by Crippen LogP contribution is -2.44. The van der Waals surface area contributed by atoms with E-state index in [0.717, 1.165) is 101 Å². The van der Waals surface area contributed by atoms with Gasteiger partial charge in [-0.25, -0.2) is 4.98 Å². The van der Waals surface area contributed by atoms with Gasteiger partial charge in [-0.3, -0.25) is 10.1 Å². The molecule has 0 aliphatic carbocycles. The number of nitrogens with one attached hydrogen (secondary N) is 3. The topological polar surface area (TPSA) is 88.8 Å². The van der Waals surface area contributed by atoms with E-state index >= 15 is 0 Å². The van der Waals surface area contributed by atoms with Gasteiger partial charge in [0.05, 0.1) is 16.6 Å². The number of hydrogen-bond donors (Lipinski definition) is 3. The molecular formula is C31H38N8. The molecule has 4 aromatic rings. The molecule has 8 nitrogen and oxygen atoms in total. The molecule has 202 valence electrons. The second-order valence-electron chi connectivity index (χ2n) is 10.9. The van der Waals surface area contributed by atoms with E-state index in [1.807, 2.05) is 31.6 Å². The van der Waals surface area contributed by atoms with Gasteiger partial charge in [-0.05, 0) is 93.2 Å². The summed E-state index contributed by atoms with van der Waals surface area (Å²) >= 11 is 0. The van der Waals surface area contributed by atoms with Gasteiger partial charge in [0.1, 0.15) is 11.5 Å². The second-order valence-corrected chi connectivity index (χ2v) is 10.9. The molecule has 3 N–H and O–H groups in total. The molecule has 2 aliphatic heterocycles. The summed E-state index contributed by atoms with van der Waals surface area (Å²) in [6.07, 6.45) is 13.5. The highest BCUT2D eigenvalue weighted by atomic mass is 15.3. The number of nitrogens with zero attached hydrogens (tertiary/aromatic N) is 5. The number of allylic oxidation sites excluding steroid dienone is 1. The molecule has 2 aliphatic rings. The number of H-pyrrole nitrogens is 2. The minimum Gasteiger partial charge on any atom is -0.353 e. The fraction of sp³-hybridized carbons (Fsp3) is 0.387. The highest BCUT2D eigenvalue weighted by molar-refractivity contribution is 5.94. The highest BCUT2D eigenvalue weighted by Gasteiger charge is 2.20. The monoisotopic (exact) mass is 522 g/mol. The first-order chi connectivity index (χ1) is 19.1. The van der Waals surface area contributed by atoms with Crippen LogP contribution < -0.4 is 20.8 Å². The molecule has 2 saturated heterocycles. The Labute approximate surface area is 229 Å². The predicted molar refractivity (Wildman–Crippen MR) is 160 cm³/mol. The van der Waals surface area contributed by atoms with E-state index in [9.17, 15) is 0 Å². The first-order valence-corrected chi connectivity index (χ1v) is 14.1. The van der Waals surface area contributed by atoms with Crippen molar-refractivity contribution in [2.45, 2.75) is 26.2 Å². The van der Waals surface area contributed by atoms with Crippen LogP contribution in [0.4, 0.5) is 5.82 Å². The Kier molecular flexibility index (Phi) is 7.30. The number of piperazine rings is 1. The van der Waals surface area contributed by atoms with E-state index in [1.54, 1.807) is 0 Å². The minimum atomic E-state index is 0.717. The average Bonchev–Trinajstić information content (AvgIpc) is 3.58. The normalized spacial score (nSPS) is 18.4. The summed E-state index contributed by atoms with van der Waals surface area (Å²) in [6, 6.07) is 6.48. The lowest BCUT2D eigenvalue weighted by Gasteiger charge is -2.33. The number of rotatable bonds is 6. The van der Waals surface area contributed by atoms with E-state index in [0.29, 0.717) is 0 Å². The molecule has 8 heteroatoms. The Bertz CT molecular complexity index is 1580. The van der Waals surface area contributed by atoms with Crippen LogP contribution in [-0.4, -0.2) is 76.4 Å². The van der Waals surface area contributed by atoms with Gasteiger partial charge in [0.25, 0.3) is 0 Å². The highest BCUT2D eigenvalue weighted by Crippen LogP contribution is 2.29. The molecule has 0 spiro atoms. The maximum Gasteiger partial charge on any atom is 0.138 e. The molecule has 0 bridgehead atoms. The first kappa shape index (κ1) is 25.5. The van der Waals surface area contributed by atoms with Crippen LogP contribution in [0.2, 0.25) is 0 Å². The third-order valence-electron chi connectivity index (χ3n) is 8.17. The molecule has 4 aromatic heterocycles. The number of likely N-dealkylation sites (N-methyl/N-ethyl adjacent to an activating group) is 1. The molecule has 0 atom stereocenters. The molecule has 0 radical (unpaired) electrons. The van der Waals surface area contributed by atoms with Crippen LogP contribution in [0.1, 0.15) is 30.9 Å². The Morgan fingerprint density at radius 2 is 1.95 bits per heavy atom. The van der Waals surface area contributed by atoms with Crippen LogP contribution in [0.15, 0.2) is 43.4 Å². The summed E-state index contributed by atoms with van der Waals surface area (Å²) < 4.78 is 0. The van der Waals surface area contributed by atoms with Crippen molar-refractivity contribution in [1.29, 1.82) is 0 Å². The standard InChI is InChI=1S/C31H38N8/c1-4-27-25(15-21(2)24-17-23(19-33-20-24)16-22-5-8-32-9-6-22)30(37-36-27)29-18-26-28(35-29)7-10-34-31(26)39-13-11-38(3)12-14-39/h4,7,10,15,17-20,22,32,35-36H,2,5-6,8-9,11-14,16H2,1,3H3/b25-15+,27-4+. The van der Waals surface area contributed by atoms with Crippen LogP contribution in [-0.2, 0) is 6.42 Å². The molecule has 0 aromatic carbocycles. The van der Waals surface area contributed by atoms with E-state index in [2.05, 4.69) is 68.1 Å². The third kappa shape index (κ3) is 5.40. The number of aromatic amines is 2. The Morgan fingerprint density at radius 1 is 1.13 bits per heavy atom. The van der Waals surface area contributed by atoms with Crippen LogP contribution in [0.25, 0.3) is 40.0 Å². The fourth-order valence-electron chi connectivity index (χ4n) is 5.82. The van der Waals surface area contributed by atoms with Gasteiger partial charge in [-0.2, -0.15) is 5.10 Å². The molecule has 2 fully saturated rings. The molecule has 0 saturated carbocycles. The van der Waals surface area contributed by atoms with Crippen molar-refractivity contribution in [2.75, 3.05) is 51.2 Å². The van der Waals surface area contributed by atoms with Gasteiger partial charge in [-0.1, -0.05) is 12.7 Å². The summed E-state index contributed by atoms with van der Waals surface area (Å²) in [7, 11) is 2.17. The number of hydrogen-bond acceptors (Lipinski definition) is 6. The second kappa shape index (κ2) is 11.2. The Morgan fingerprint density at radius 3 is 2.74 bits per heavy atom. The summed E-state index contributed by atoms with van der Waals surface area (Å²) in [5, 5.41) is 14.5. The number of piperidine rings is 1. The van der Waals surface area contributed by atoms with Crippen molar-refractivity contribution in [3.63, 3.8) is 0 Å². The van der Waals surface area contributed by atoms with Crippen molar-refractivity contribution < 1.29 is 0 Å². The molecule has 6 rings (SSSR count). The SMILES string of the molecule is C=C(/C=c1/c(-c2cc3c(N4CCN(C)CC4)nccc3[nH]2)n[nH]/c1=C/C)c1cncc(CC2CCNCC2)c1. The third-order valence-corrected chi connectivity index (χ3v) is 8.17. The summed E-state index contributed by atoms with van der Waals surface area (Å²) in [5.74, 6) is 1.75. The van der Waals surface area contributed by atoms with Gasteiger partial charge < -0.3 is 20.1 Å². The van der Waals surface area contributed by atoms with Crippen LogP contribution in [0.3, 0.4) is 0 Å². The van der Waals surface area contributed by atoms with Crippen molar-refractivity contribution in [1.82, 2.24) is 35.4 Å². The summed E-state index contributed by atoms with van der Waals surface area (Å²) in [4.78, 5) is 17.7. The Balaban J connectivity index is 1.33. The maximum absolute atomic E-state index is 4.77. The van der Waals surface area contributed by atoms with Gasteiger partial charge in [0.15, 0.2) is 0 Å². The zero-order valence-corrected chi connectivity index (χ0v) is 23.0. The van der Waals surface area contributed by atoms with Crippen LogP contribution in [0, 0.1) is 5.92 Å². The molecule has 39 heavy (non-hydrogen) atoms. The number of pyridine rings is 2. The quantitative estimate of drug-likeness (QED) is 0.361. The lowest BCUT2D eigenvalue weighted by atomic mass is 9.91. The average molecular weight is 523 g/mol. The molecule has 0 amide bonds. The van der Waals surface area contributed by atoms with Gasteiger partial charge in [0, 0.05) is 55.4 Å². The lowest BCUT2D eigenvalue weighted by molar-refractivity contribution is 0.312. The van der Waals surface area contributed by atoms with Gasteiger partial charge in [-0.15, -0.1) is 0 Å². The zero-order valence-electron chi connectivity index (χ0n) is 23.0. The van der Waals surface area contributed by atoms with Crippen molar-refractivity contribution >= 4 is 34.4 Å². The molecule has 6 heterocycles. The van der Waals surface area contributed by atoms with Gasteiger partial charge >= 0.3 is 0 Å². The summed E-state index contributed by atoms with van der Waals surface area (Å²) in [5.41, 5.74) is 6.17. The number of aromatic nitrogens is 5. The molecular weight excluding hydrogens is 484 g/mol. The van der Waals surface area contributed by atoms with E-state index in [4.69, 9.17) is 10.1 Å². The number of fused-ring (bicyclic) bond motifs is 1. The fourth-order valence-corrected chi connectivity index (χ4v) is 5.82. The molecule has 0 unspecified atom stereocenters. The van der Waals surface area contributed by atoms with Gasteiger partial charge in [0.2, 0.25) is 0 Å². The summed E-state index contributed by atoms with van der Waals surface area (Å²) in [6.45, 7) is 12.7. The first-order valence-electron chi connectivity index (χ1n) is 14.1. The zero-order chi connectivity index (χ0) is 26.8. The number of anilines is 1. The maximum atomic E-state index is 4.77. The van der Waals surface area contributed by atoms with E-state index in [-0.39, 0.29) is 0 Å². The van der Waals surface area contributed by atoms with Crippen LogP contribution in [0.5, 0.6) is 0 Å². The predicted octanol–water partition coefficient (Wildman–Crippen LogP) is 2.94. The Hall–Kier alpha value is -3.75. The van der Waals surface area contributed by atoms with Crippen LogP contribution >= 0.6 is 0 Å². The smallest absolute Gasteiger partial charge is 0.138 e. The van der Waals surface area contributed by atoms with E-state index in [1.165, 1.54) is 18.4 Å². The van der Waals surface area contributed by atoms with Crippen molar-refractivity contribution in [2.24, 2.45) is 5.92 Å².